The van der Waals surface area contributed by atoms with Crippen molar-refractivity contribution in [2.24, 2.45) is 10.5 Å². The average Bonchev–Trinajstić information content (AvgIpc) is 2.69. The predicted octanol–water partition coefficient (Wildman–Crippen LogP) is 1.79. The Kier molecular flexibility index (Phi) is 5.45. The van der Waals surface area contributed by atoms with Crippen molar-refractivity contribution in [1.29, 1.82) is 0 Å². The van der Waals surface area contributed by atoms with Crippen LogP contribution in [0.2, 0.25) is 0 Å². The van der Waals surface area contributed by atoms with Crippen molar-refractivity contribution in [1.82, 2.24) is 10.4 Å². The third-order valence-electron chi connectivity index (χ3n) is 4.93. The van der Waals surface area contributed by atoms with Crippen molar-refractivity contribution >= 4 is 18.1 Å². The van der Waals surface area contributed by atoms with Crippen molar-refractivity contribution < 1.29 is 14.7 Å². The van der Waals surface area contributed by atoms with Crippen LogP contribution in [0.15, 0.2) is 71.6 Å². The first-order valence-electron chi connectivity index (χ1n) is 8.69. The minimum atomic E-state index is -1.72. The fourth-order valence-corrected chi connectivity index (χ4v) is 3.43. The number of rotatable bonds is 5. The van der Waals surface area contributed by atoms with Crippen molar-refractivity contribution in [2.75, 3.05) is 0 Å². The Hall–Kier alpha value is -3.28. The van der Waals surface area contributed by atoms with Crippen LogP contribution in [-0.4, -0.2) is 23.1 Å². The van der Waals surface area contributed by atoms with Gasteiger partial charge in [0.25, 0.3) is 5.91 Å². The van der Waals surface area contributed by atoms with Crippen LogP contribution >= 0.6 is 0 Å². The molecule has 1 amide bonds. The van der Waals surface area contributed by atoms with Crippen molar-refractivity contribution in [3.8, 4) is 0 Å². The molecule has 1 aromatic heterocycles. The number of aromatic nitrogens is 1. The third-order valence-corrected chi connectivity index (χ3v) is 4.93. The number of nitrogens with one attached hydrogen (secondary N) is 1. The van der Waals surface area contributed by atoms with E-state index in [2.05, 4.69) is 15.5 Å². The standard InChI is InChI=1S/C21H21N3O3/c1-15-9-10-21(20(26)27,18(12-15)17-7-3-2-4-8-17)19(25)24-23-14-16-6-5-11-22-13-16/h2-9,11,13-14,18H,10,12H2,1H3,(H,24,25)(H,26,27)/p-1. The summed E-state index contributed by atoms with van der Waals surface area (Å²) in [5.74, 6) is -2.60. The largest absolute Gasteiger partial charge is 0.549 e. The molecular formula is C21H20N3O3-. The number of hydrogen-bond acceptors (Lipinski definition) is 5. The van der Waals surface area contributed by atoms with Gasteiger partial charge in [-0.1, -0.05) is 48.0 Å². The molecule has 0 aliphatic heterocycles. The summed E-state index contributed by atoms with van der Waals surface area (Å²) in [6.07, 6.45) is 6.97. The molecule has 0 radical (unpaired) electrons. The second-order valence-electron chi connectivity index (χ2n) is 6.67. The maximum atomic E-state index is 13.0. The highest BCUT2D eigenvalue weighted by Gasteiger charge is 2.48. The molecule has 1 heterocycles. The van der Waals surface area contributed by atoms with Gasteiger partial charge in [0.05, 0.1) is 12.2 Å². The molecule has 1 aliphatic carbocycles. The SMILES string of the molecule is CC1=CCC(C(=O)[O-])(C(=O)NN=Cc2cccnc2)C(c2ccccc2)C1. The minimum absolute atomic E-state index is 0.0645. The number of nitrogens with zero attached hydrogens (tertiary/aromatic N) is 2. The molecule has 1 aromatic carbocycles. The van der Waals surface area contributed by atoms with Crippen LogP contribution in [0.5, 0.6) is 0 Å². The van der Waals surface area contributed by atoms with Crippen LogP contribution in [0, 0.1) is 5.41 Å². The molecule has 2 aromatic rings. The number of pyridine rings is 1. The number of aliphatic carboxylic acids is 1. The highest BCUT2D eigenvalue weighted by Crippen LogP contribution is 2.47. The van der Waals surface area contributed by atoms with E-state index in [9.17, 15) is 14.7 Å². The lowest BCUT2D eigenvalue weighted by atomic mass is 9.64. The quantitative estimate of drug-likeness (QED) is 0.380. The maximum Gasteiger partial charge on any atom is 0.252 e. The van der Waals surface area contributed by atoms with Gasteiger partial charge in [-0.3, -0.25) is 9.78 Å². The van der Waals surface area contributed by atoms with Crippen molar-refractivity contribution in [3.05, 3.63) is 77.6 Å². The molecule has 6 heteroatoms. The van der Waals surface area contributed by atoms with E-state index in [0.717, 1.165) is 11.1 Å². The number of allylic oxidation sites excluding steroid dienone is 2. The Balaban J connectivity index is 1.91. The lowest BCUT2D eigenvalue weighted by Crippen LogP contribution is -2.55. The van der Waals surface area contributed by atoms with Crippen LogP contribution in [0.4, 0.5) is 0 Å². The summed E-state index contributed by atoms with van der Waals surface area (Å²) in [7, 11) is 0. The van der Waals surface area contributed by atoms with Crippen LogP contribution in [0.3, 0.4) is 0 Å². The van der Waals surface area contributed by atoms with E-state index in [0.29, 0.717) is 12.0 Å². The zero-order valence-corrected chi connectivity index (χ0v) is 15.0. The molecule has 2 atom stereocenters. The number of carbonyl (C=O) groups is 2. The highest BCUT2D eigenvalue weighted by atomic mass is 16.4. The van der Waals surface area contributed by atoms with Gasteiger partial charge in [0, 0.05) is 23.9 Å². The van der Waals surface area contributed by atoms with Crippen molar-refractivity contribution in [2.45, 2.75) is 25.7 Å². The normalized spacial score (nSPS) is 22.3. The molecule has 0 bridgehead atoms. The van der Waals surface area contributed by atoms with Crippen LogP contribution < -0.4 is 10.5 Å². The number of carbonyl (C=O) groups excluding carboxylic acids is 2. The van der Waals surface area contributed by atoms with Gasteiger partial charge < -0.3 is 9.90 Å². The first-order chi connectivity index (χ1) is 13.0. The topological polar surface area (TPSA) is 94.5 Å². The first kappa shape index (κ1) is 18.5. The van der Waals surface area contributed by atoms with E-state index < -0.39 is 23.2 Å². The maximum absolute atomic E-state index is 13.0. The zero-order valence-electron chi connectivity index (χ0n) is 15.0. The molecule has 0 spiro atoms. The predicted molar refractivity (Wildman–Crippen MR) is 99.6 cm³/mol. The minimum Gasteiger partial charge on any atom is -0.549 e. The van der Waals surface area contributed by atoms with E-state index in [1.54, 1.807) is 30.6 Å². The van der Waals surface area contributed by atoms with Gasteiger partial charge in [0.2, 0.25) is 0 Å². The lowest BCUT2D eigenvalue weighted by molar-refractivity contribution is -0.318. The van der Waals surface area contributed by atoms with Crippen LogP contribution in [0.25, 0.3) is 0 Å². The molecule has 2 unspecified atom stereocenters. The number of hydrazone groups is 1. The van der Waals surface area contributed by atoms with Crippen LogP contribution in [0.1, 0.15) is 36.8 Å². The van der Waals surface area contributed by atoms with Gasteiger partial charge in [0.15, 0.2) is 0 Å². The molecule has 3 rings (SSSR count). The van der Waals surface area contributed by atoms with Gasteiger partial charge in [0.1, 0.15) is 5.41 Å². The van der Waals surface area contributed by atoms with Gasteiger partial charge in [-0.2, -0.15) is 5.10 Å². The van der Waals surface area contributed by atoms with E-state index >= 15 is 0 Å². The van der Waals surface area contributed by atoms with Gasteiger partial charge in [-0.15, -0.1) is 0 Å². The van der Waals surface area contributed by atoms with E-state index in [4.69, 9.17) is 0 Å². The van der Waals surface area contributed by atoms with Gasteiger partial charge in [-0.05, 0) is 31.4 Å². The third kappa shape index (κ3) is 3.79. The molecule has 1 N–H and O–H groups in total. The Labute approximate surface area is 157 Å². The lowest BCUT2D eigenvalue weighted by Gasteiger charge is -2.42. The molecule has 0 fully saturated rings. The summed E-state index contributed by atoms with van der Waals surface area (Å²) in [6.45, 7) is 1.94. The Morgan fingerprint density at radius 2 is 2.04 bits per heavy atom. The Morgan fingerprint density at radius 1 is 1.26 bits per heavy atom. The van der Waals surface area contributed by atoms with E-state index in [1.807, 2.05) is 37.3 Å². The summed E-state index contributed by atoms with van der Waals surface area (Å²) in [5, 5.41) is 16.1. The monoisotopic (exact) mass is 362 g/mol. The molecule has 0 saturated carbocycles. The van der Waals surface area contributed by atoms with E-state index in [-0.39, 0.29) is 6.42 Å². The molecule has 0 saturated heterocycles. The fraction of sp³-hybridized carbons (Fsp3) is 0.238. The molecule has 1 aliphatic rings. The number of amides is 1. The summed E-state index contributed by atoms with van der Waals surface area (Å²) in [6, 6.07) is 12.7. The summed E-state index contributed by atoms with van der Waals surface area (Å²) in [5.41, 5.74) is 3.21. The number of carboxylic acids is 1. The highest BCUT2D eigenvalue weighted by molar-refractivity contribution is 6.03. The van der Waals surface area contributed by atoms with Gasteiger partial charge >= 0.3 is 0 Å². The fourth-order valence-electron chi connectivity index (χ4n) is 3.43. The zero-order chi connectivity index (χ0) is 19.3. The Bertz CT molecular complexity index is 878. The summed E-state index contributed by atoms with van der Waals surface area (Å²) < 4.78 is 0. The second-order valence-corrected chi connectivity index (χ2v) is 6.67. The van der Waals surface area contributed by atoms with E-state index in [1.165, 1.54) is 6.21 Å². The van der Waals surface area contributed by atoms with Crippen LogP contribution in [-0.2, 0) is 9.59 Å². The smallest absolute Gasteiger partial charge is 0.252 e. The number of benzene rings is 1. The number of carboxylic acid groups (broad SMARTS) is 1. The summed E-state index contributed by atoms with van der Waals surface area (Å²) in [4.78, 5) is 29.1. The van der Waals surface area contributed by atoms with Gasteiger partial charge in [-0.25, -0.2) is 5.43 Å². The molecule has 27 heavy (non-hydrogen) atoms. The molecule has 6 nitrogen and oxygen atoms in total. The summed E-state index contributed by atoms with van der Waals surface area (Å²) >= 11 is 0. The number of hydrogen-bond donors (Lipinski definition) is 1. The molecule has 138 valence electrons. The average molecular weight is 362 g/mol. The first-order valence-corrected chi connectivity index (χ1v) is 8.69. The molecular weight excluding hydrogens is 342 g/mol. The second kappa shape index (κ2) is 7.95. The Morgan fingerprint density at radius 3 is 2.70 bits per heavy atom. The van der Waals surface area contributed by atoms with Crippen molar-refractivity contribution in [3.63, 3.8) is 0 Å².